The van der Waals surface area contributed by atoms with Crippen LogP contribution in [0.4, 0.5) is 0 Å². The molecule has 0 saturated carbocycles. The zero-order valence-electron chi connectivity index (χ0n) is 8.92. The summed E-state index contributed by atoms with van der Waals surface area (Å²) in [6.07, 6.45) is 7.34. The number of aryl methyl sites for hydroxylation is 2. The van der Waals surface area contributed by atoms with Crippen LogP contribution in [0, 0.1) is 0 Å². The van der Waals surface area contributed by atoms with Crippen LogP contribution in [-0.2, 0) is 20.2 Å². The summed E-state index contributed by atoms with van der Waals surface area (Å²) >= 11 is 0. The van der Waals surface area contributed by atoms with Crippen LogP contribution in [0.5, 0.6) is 5.75 Å². The molecule has 2 aromatic heterocycles. The van der Waals surface area contributed by atoms with Crippen molar-refractivity contribution in [3.63, 3.8) is 0 Å². The molecule has 0 aromatic carbocycles. The quantitative estimate of drug-likeness (QED) is 0.755. The van der Waals surface area contributed by atoms with Gasteiger partial charge in [0.05, 0.1) is 18.6 Å². The van der Waals surface area contributed by atoms with E-state index >= 15 is 0 Å². The van der Waals surface area contributed by atoms with Gasteiger partial charge in [-0.25, -0.2) is 0 Å². The highest BCUT2D eigenvalue weighted by molar-refractivity contribution is 5.13. The molecule has 2 aromatic rings. The Hall–Kier alpha value is -1.78. The van der Waals surface area contributed by atoms with Crippen LogP contribution in [-0.4, -0.2) is 19.6 Å². The monoisotopic (exact) mass is 206 g/mol. The van der Waals surface area contributed by atoms with E-state index in [1.165, 1.54) is 0 Å². The van der Waals surface area contributed by atoms with Crippen molar-refractivity contribution in [2.24, 2.45) is 7.05 Å². The van der Waals surface area contributed by atoms with Crippen LogP contribution in [0.2, 0.25) is 0 Å². The molecule has 0 aliphatic heterocycles. The number of nitrogens with zero attached hydrogens (tertiary/aromatic N) is 4. The summed E-state index contributed by atoms with van der Waals surface area (Å²) in [4.78, 5) is 0. The molecule has 80 valence electrons. The summed E-state index contributed by atoms with van der Waals surface area (Å²) in [7, 11) is 1.86. The lowest BCUT2D eigenvalue weighted by Crippen LogP contribution is -1.94. The summed E-state index contributed by atoms with van der Waals surface area (Å²) in [6.45, 7) is 3.47. The highest BCUT2D eigenvalue weighted by Gasteiger charge is 2.00. The number of hydrogen-bond acceptors (Lipinski definition) is 3. The lowest BCUT2D eigenvalue weighted by Gasteiger charge is -1.99. The molecule has 5 nitrogen and oxygen atoms in total. The first-order chi connectivity index (χ1) is 7.28. The second-order valence-electron chi connectivity index (χ2n) is 3.34. The molecule has 0 aliphatic carbocycles. The van der Waals surface area contributed by atoms with E-state index in [1.54, 1.807) is 10.9 Å². The van der Waals surface area contributed by atoms with Crippen molar-refractivity contribution in [3.8, 4) is 5.75 Å². The Bertz CT molecular complexity index is 432. The molecule has 0 aliphatic rings. The van der Waals surface area contributed by atoms with Crippen LogP contribution >= 0.6 is 0 Å². The second kappa shape index (κ2) is 4.16. The summed E-state index contributed by atoms with van der Waals surface area (Å²) in [5, 5.41) is 8.19. The Morgan fingerprint density at radius 1 is 1.27 bits per heavy atom. The van der Waals surface area contributed by atoms with Crippen molar-refractivity contribution < 1.29 is 4.74 Å². The Morgan fingerprint density at radius 2 is 2.13 bits per heavy atom. The molecule has 0 amide bonds. The number of aromatic nitrogens is 4. The fourth-order valence-electron chi connectivity index (χ4n) is 1.29. The molecule has 0 saturated heterocycles. The number of ether oxygens (including phenoxy) is 1. The molecule has 0 atom stereocenters. The molecule has 15 heavy (non-hydrogen) atoms. The zero-order chi connectivity index (χ0) is 10.7. The van der Waals surface area contributed by atoms with Crippen molar-refractivity contribution in [2.75, 3.05) is 0 Å². The van der Waals surface area contributed by atoms with Gasteiger partial charge in [0, 0.05) is 25.4 Å². The summed E-state index contributed by atoms with van der Waals surface area (Å²) in [5.74, 6) is 0.779. The minimum atomic E-state index is 0.533. The smallest absolute Gasteiger partial charge is 0.157 e. The molecule has 2 heterocycles. The van der Waals surface area contributed by atoms with E-state index in [4.69, 9.17) is 4.74 Å². The Morgan fingerprint density at radius 3 is 2.73 bits per heavy atom. The van der Waals surface area contributed by atoms with E-state index in [2.05, 4.69) is 17.1 Å². The van der Waals surface area contributed by atoms with E-state index in [9.17, 15) is 0 Å². The van der Waals surface area contributed by atoms with Gasteiger partial charge in [-0.15, -0.1) is 0 Å². The Kier molecular flexibility index (Phi) is 2.71. The minimum absolute atomic E-state index is 0.533. The third kappa shape index (κ3) is 2.37. The van der Waals surface area contributed by atoms with Crippen molar-refractivity contribution in [3.05, 3.63) is 30.4 Å². The molecule has 0 radical (unpaired) electrons. The van der Waals surface area contributed by atoms with Crippen LogP contribution < -0.4 is 4.74 Å². The highest BCUT2D eigenvalue weighted by Crippen LogP contribution is 2.10. The third-order valence-corrected chi connectivity index (χ3v) is 2.10. The summed E-state index contributed by atoms with van der Waals surface area (Å²) < 4.78 is 9.12. The first kappa shape index (κ1) is 9.76. The van der Waals surface area contributed by atoms with Crippen LogP contribution in [0.1, 0.15) is 12.5 Å². The molecular formula is C10H14N4O. The molecule has 0 unspecified atom stereocenters. The molecule has 0 bridgehead atoms. The van der Waals surface area contributed by atoms with Crippen LogP contribution in [0.3, 0.4) is 0 Å². The average Bonchev–Trinajstić information content (AvgIpc) is 2.83. The minimum Gasteiger partial charge on any atom is -0.485 e. The molecule has 0 fully saturated rings. The van der Waals surface area contributed by atoms with E-state index in [1.807, 2.05) is 30.3 Å². The maximum Gasteiger partial charge on any atom is 0.157 e. The summed E-state index contributed by atoms with van der Waals surface area (Å²) in [6, 6.07) is 0. The first-order valence-corrected chi connectivity index (χ1v) is 4.90. The van der Waals surface area contributed by atoms with Gasteiger partial charge in [0.15, 0.2) is 5.75 Å². The van der Waals surface area contributed by atoms with Gasteiger partial charge in [-0.05, 0) is 6.92 Å². The lowest BCUT2D eigenvalue weighted by molar-refractivity contribution is 0.306. The second-order valence-corrected chi connectivity index (χ2v) is 3.34. The van der Waals surface area contributed by atoms with Gasteiger partial charge in [-0.2, -0.15) is 10.2 Å². The fraction of sp³-hybridized carbons (Fsp3) is 0.400. The summed E-state index contributed by atoms with van der Waals surface area (Å²) in [5.41, 5.74) is 1.07. The van der Waals surface area contributed by atoms with Crippen molar-refractivity contribution in [2.45, 2.75) is 20.1 Å². The highest BCUT2D eigenvalue weighted by atomic mass is 16.5. The molecule has 5 heteroatoms. The van der Waals surface area contributed by atoms with Gasteiger partial charge in [0.25, 0.3) is 0 Å². The van der Waals surface area contributed by atoms with Crippen molar-refractivity contribution in [1.82, 2.24) is 19.6 Å². The predicted octanol–water partition coefficient (Wildman–Crippen LogP) is 1.22. The molecule has 2 rings (SSSR count). The van der Waals surface area contributed by atoms with Gasteiger partial charge in [0.1, 0.15) is 6.61 Å². The van der Waals surface area contributed by atoms with Gasteiger partial charge in [0.2, 0.25) is 0 Å². The molecule has 0 spiro atoms. The standard InChI is InChI=1S/C10H14N4O/c1-3-14-6-9(4-12-14)8-15-10-5-11-13(2)7-10/h4-7H,3,8H2,1-2H3. The number of hydrogen-bond donors (Lipinski definition) is 0. The Balaban J connectivity index is 1.93. The maximum atomic E-state index is 5.53. The van der Waals surface area contributed by atoms with E-state index in [0.29, 0.717) is 6.61 Å². The normalized spacial score (nSPS) is 10.5. The SMILES string of the molecule is CCn1cc(COc2cnn(C)c2)cn1. The van der Waals surface area contributed by atoms with Crippen LogP contribution in [0.25, 0.3) is 0 Å². The van der Waals surface area contributed by atoms with Gasteiger partial charge < -0.3 is 4.74 Å². The van der Waals surface area contributed by atoms with Gasteiger partial charge in [-0.3, -0.25) is 9.36 Å². The average molecular weight is 206 g/mol. The lowest BCUT2D eigenvalue weighted by atomic mass is 10.4. The van der Waals surface area contributed by atoms with Crippen molar-refractivity contribution in [1.29, 1.82) is 0 Å². The number of rotatable bonds is 4. The fourth-order valence-corrected chi connectivity index (χ4v) is 1.29. The molecular weight excluding hydrogens is 192 g/mol. The topological polar surface area (TPSA) is 44.9 Å². The molecule has 0 N–H and O–H groups in total. The largest absolute Gasteiger partial charge is 0.485 e. The Labute approximate surface area is 88.3 Å². The zero-order valence-corrected chi connectivity index (χ0v) is 8.92. The van der Waals surface area contributed by atoms with E-state index < -0.39 is 0 Å². The van der Waals surface area contributed by atoms with E-state index in [-0.39, 0.29) is 0 Å². The maximum absolute atomic E-state index is 5.53. The predicted molar refractivity (Wildman–Crippen MR) is 55.4 cm³/mol. The van der Waals surface area contributed by atoms with Gasteiger partial charge in [-0.1, -0.05) is 0 Å². The first-order valence-electron chi connectivity index (χ1n) is 4.90. The van der Waals surface area contributed by atoms with Crippen LogP contribution in [0.15, 0.2) is 24.8 Å². The van der Waals surface area contributed by atoms with Gasteiger partial charge >= 0.3 is 0 Å². The van der Waals surface area contributed by atoms with E-state index in [0.717, 1.165) is 17.9 Å². The van der Waals surface area contributed by atoms with Crippen molar-refractivity contribution >= 4 is 0 Å². The third-order valence-electron chi connectivity index (χ3n) is 2.10.